The van der Waals surface area contributed by atoms with E-state index in [9.17, 15) is 0 Å². The van der Waals surface area contributed by atoms with E-state index in [2.05, 4.69) is 234 Å². The Morgan fingerprint density at radius 1 is 0.431 bits per heavy atom. The number of rotatable bonds is 5. The number of para-hydroxylation sites is 3. The molecule has 1 aliphatic heterocycles. The van der Waals surface area contributed by atoms with Crippen LogP contribution in [0.4, 0.5) is 0 Å². The molecule has 4 heteroatoms. The predicted octanol–water partition coefficient (Wildman–Crippen LogP) is 15.9. The Hall–Kier alpha value is -7.92. The van der Waals surface area contributed by atoms with Gasteiger partial charge in [-0.25, -0.2) is 4.98 Å². The van der Waals surface area contributed by atoms with Crippen molar-refractivity contribution in [1.82, 2.24) is 14.1 Å². The number of fused-ring (bicyclic) bond motifs is 13. The molecule has 304 valence electrons. The first-order chi connectivity index (χ1) is 32.2. The molecule has 65 heavy (non-hydrogen) atoms. The Balaban J connectivity index is 0.950. The number of aromatic nitrogens is 3. The lowest BCUT2D eigenvalue weighted by Crippen LogP contribution is -2.21. The maximum atomic E-state index is 5.41. The van der Waals surface area contributed by atoms with Gasteiger partial charge in [0.15, 0.2) is 0 Å². The highest BCUT2D eigenvalue weighted by atomic mass is 32.2. The van der Waals surface area contributed by atoms with Crippen molar-refractivity contribution in [3.8, 4) is 33.8 Å². The zero-order valence-electron chi connectivity index (χ0n) is 35.3. The number of pyridine rings is 1. The van der Waals surface area contributed by atoms with Crippen molar-refractivity contribution in [2.24, 2.45) is 0 Å². The lowest BCUT2D eigenvalue weighted by Gasteiger charge is -2.30. The maximum Gasteiger partial charge on any atom is 0.0794 e. The minimum absolute atomic E-state index is 0.156. The van der Waals surface area contributed by atoms with Crippen LogP contribution in [0.3, 0.4) is 0 Å². The molecule has 3 aromatic heterocycles. The van der Waals surface area contributed by atoms with E-state index in [1.807, 2.05) is 11.8 Å². The quantitative estimate of drug-likeness (QED) is 0.161. The summed E-state index contributed by atoms with van der Waals surface area (Å²) >= 11 is 2.02. The van der Waals surface area contributed by atoms with Gasteiger partial charge in [-0.15, -0.1) is 11.8 Å². The highest BCUT2D eigenvalue weighted by Crippen LogP contribution is 2.58. The monoisotopic (exact) mass is 845 g/mol. The molecule has 0 saturated carbocycles. The summed E-state index contributed by atoms with van der Waals surface area (Å²) in [4.78, 5) is 6.77. The summed E-state index contributed by atoms with van der Waals surface area (Å²) in [5.74, 6) is 0.156. The van der Waals surface area contributed by atoms with Gasteiger partial charge in [0.1, 0.15) is 0 Å². The van der Waals surface area contributed by atoms with Crippen LogP contribution < -0.4 is 0 Å². The van der Waals surface area contributed by atoms with Crippen LogP contribution in [-0.4, -0.2) is 19.4 Å². The molecule has 0 saturated heterocycles. The summed E-state index contributed by atoms with van der Waals surface area (Å²) in [5, 5.41) is 7.55. The molecule has 12 aromatic rings. The van der Waals surface area contributed by atoms with Crippen LogP contribution in [0, 0.1) is 0 Å². The van der Waals surface area contributed by atoms with Crippen molar-refractivity contribution in [2.75, 3.05) is 0 Å². The third-order valence-corrected chi connectivity index (χ3v) is 15.3. The summed E-state index contributed by atoms with van der Waals surface area (Å²) in [5.41, 5.74) is 18.2. The van der Waals surface area contributed by atoms with Crippen LogP contribution in [-0.2, 0) is 0 Å². The van der Waals surface area contributed by atoms with Gasteiger partial charge < -0.3 is 9.13 Å². The molecular weight excluding hydrogens is 807 g/mol. The molecule has 2 unspecified atom stereocenters. The molecule has 3 nitrogen and oxygen atoms in total. The predicted molar refractivity (Wildman–Crippen MR) is 274 cm³/mol. The average molecular weight is 846 g/mol. The van der Waals surface area contributed by atoms with Crippen LogP contribution >= 0.6 is 11.8 Å². The van der Waals surface area contributed by atoms with Gasteiger partial charge in [-0.1, -0.05) is 158 Å². The number of benzene rings is 9. The van der Waals surface area contributed by atoms with Gasteiger partial charge >= 0.3 is 0 Å². The minimum atomic E-state index is 0.156. The molecule has 0 fully saturated rings. The third-order valence-electron chi connectivity index (χ3n) is 13.9. The molecule has 2 atom stereocenters. The zero-order chi connectivity index (χ0) is 42.6. The normalized spacial score (nSPS) is 15.4. The van der Waals surface area contributed by atoms with E-state index in [0.717, 1.165) is 27.8 Å². The Labute approximate surface area is 380 Å². The molecule has 9 aromatic carbocycles. The van der Waals surface area contributed by atoms with Crippen LogP contribution in [0.1, 0.15) is 28.3 Å². The van der Waals surface area contributed by atoms with E-state index >= 15 is 0 Å². The number of hydrogen-bond acceptors (Lipinski definition) is 2. The van der Waals surface area contributed by atoms with Gasteiger partial charge in [0.05, 0.1) is 27.8 Å². The highest BCUT2D eigenvalue weighted by molar-refractivity contribution is 8.00. The number of thioether (sulfide) groups is 1. The maximum absolute atomic E-state index is 5.41. The molecule has 0 amide bonds. The first kappa shape index (κ1) is 36.6. The molecular formula is C61H39N3S. The molecule has 0 N–H and O–H groups in total. The molecule has 1 aliphatic carbocycles. The second-order valence-corrected chi connectivity index (χ2v) is 18.6. The van der Waals surface area contributed by atoms with Crippen LogP contribution in [0.5, 0.6) is 0 Å². The fourth-order valence-electron chi connectivity index (χ4n) is 11.0. The Kier molecular flexibility index (Phi) is 8.04. The van der Waals surface area contributed by atoms with Crippen LogP contribution in [0.15, 0.2) is 223 Å². The highest BCUT2D eigenvalue weighted by Gasteiger charge is 2.43. The van der Waals surface area contributed by atoms with Crippen molar-refractivity contribution in [2.45, 2.75) is 16.1 Å². The molecule has 0 radical (unpaired) electrons. The summed E-state index contributed by atoms with van der Waals surface area (Å²) in [6.07, 6.45) is 2.52. The first-order valence-corrected chi connectivity index (χ1v) is 23.3. The lowest BCUT2D eigenvalue weighted by atomic mass is 9.79. The lowest BCUT2D eigenvalue weighted by molar-refractivity contribution is 0.792. The second-order valence-electron chi connectivity index (χ2n) is 17.4. The summed E-state index contributed by atoms with van der Waals surface area (Å²) in [6.45, 7) is 0. The summed E-state index contributed by atoms with van der Waals surface area (Å²) < 4.78 is 4.96. The topological polar surface area (TPSA) is 22.8 Å². The fraction of sp³-hybridized carbons (Fsp3) is 0.0328. The van der Waals surface area contributed by atoms with Gasteiger partial charge in [-0.3, -0.25) is 0 Å². The number of nitrogens with zero attached hydrogens (tertiary/aromatic N) is 3. The second kappa shape index (κ2) is 14.3. The SMILES string of the molecule is C1=C(c2ccc3c(c2)c2ccccc2n3-c2ccccc2)C2Sc3ccccc3C2c2c1c1ccccc1n2-c1ccc(-c2cc(-c3ccccc3)c3ccc4ccccc4c3n2)cc1. The largest absolute Gasteiger partial charge is 0.312 e. The van der Waals surface area contributed by atoms with Crippen molar-refractivity contribution in [1.29, 1.82) is 0 Å². The smallest absolute Gasteiger partial charge is 0.0794 e. The molecule has 0 spiro atoms. The number of hydrogen-bond donors (Lipinski definition) is 0. The van der Waals surface area contributed by atoms with Gasteiger partial charge in [0.25, 0.3) is 0 Å². The molecule has 0 bridgehead atoms. The Bertz CT molecular complexity index is 3920. The van der Waals surface area contributed by atoms with Gasteiger partial charge in [-0.05, 0) is 100.0 Å². The first-order valence-electron chi connectivity index (χ1n) is 22.4. The van der Waals surface area contributed by atoms with Gasteiger partial charge in [0, 0.05) is 71.2 Å². The van der Waals surface area contributed by atoms with Gasteiger partial charge in [0.2, 0.25) is 0 Å². The van der Waals surface area contributed by atoms with Gasteiger partial charge in [-0.2, -0.15) is 0 Å². The van der Waals surface area contributed by atoms with E-state index in [1.165, 1.54) is 93.1 Å². The molecule has 2 aliphatic rings. The molecule has 14 rings (SSSR count). The summed E-state index contributed by atoms with van der Waals surface area (Å²) in [7, 11) is 0. The summed E-state index contributed by atoms with van der Waals surface area (Å²) in [6, 6.07) is 80.0. The zero-order valence-corrected chi connectivity index (χ0v) is 36.1. The van der Waals surface area contributed by atoms with E-state index in [4.69, 9.17) is 4.98 Å². The van der Waals surface area contributed by atoms with E-state index in [-0.39, 0.29) is 11.2 Å². The Morgan fingerprint density at radius 3 is 1.91 bits per heavy atom. The van der Waals surface area contributed by atoms with E-state index < -0.39 is 0 Å². The molecule has 4 heterocycles. The third kappa shape index (κ3) is 5.54. The Morgan fingerprint density at radius 2 is 1.08 bits per heavy atom. The van der Waals surface area contributed by atoms with E-state index in [1.54, 1.807) is 0 Å². The fourth-order valence-corrected chi connectivity index (χ4v) is 12.5. The van der Waals surface area contributed by atoms with E-state index in [0.29, 0.717) is 0 Å². The van der Waals surface area contributed by atoms with Crippen molar-refractivity contribution < 1.29 is 0 Å². The van der Waals surface area contributed by atoms with Crippen molar-refractivity contribution in [3.63, 3.8) is 0 Å². The van der Waals surface area contributed by atoms with Crippen molar-refractivity contribution in [3.05, 3.63) is 241 Å². The van der Waals surface area contributed by atoms with Crippen LogP contribution in [0.25, 0.3) is 99.8 Å². The standard InChI is InChI=1S/C61H39N3S/c1-3-15-38(16-4-1)49-37-53(62-59-44-20-8-7-17-39(44)29-33-47(49)59)40-27-31-43(32-28-40)64-55-25-13-10-22-46(55)52-36-50(61-58(60(52)64)48-23-11-14-26-57(48)65-61)41-30-34-56-51(35-41)45-21-9-12-24-54(45)63(56)42-18-5-2-6-19-42/h1-37,58,61H. The van der Waals surface area contributed by atoms with Crippen molar-refractivity contribution >= 4 is 77.8 Å². The average Bonchev–Trinajstić information content (AvgIpc) is 4.04. The van der Waals surface area contributed by atoms with Crippen LogP contribution in [0.2, 0.25) is 0 Å². The minimum Gasteiger partial charge on any atom is -0.312 e.